The molecule has 0 aromatic heterocycles. The molecule has 2 aromatic rings. The Hall–Kier alpha value is -2.73. The van der Waals surface area contributed by atoms with E-state index in [9.17, 15) is 9.59 Å². The van der Waals surface area contributed by atoms with Crippen LogP contribution in [0.1, 0.15) is 28.8 Å². The molecule has 0 bridgehead atoms. The van der Waals surface area contributed by atoms with Crippen LogP contribution in [-0.2, 0) is 11.3 Å². The predicted octanol–water partition coefficient (Wildman–Crippen LogP) is 3.52. The van der Waals surface area contributed by atoms with Crippen molar-refractivity contribution in [2.45, 2.75) is 19.4 Å². The van der Waals surface area contributed by atoms with E-state index in [1.807, 2.05) is 12.1 Å². The maximum absolute atomic E-state index is 12.3. The fraction of sp³-hybridized carbons (Fsp3) is 0.263. The molecule has 0 radical (unpaired) electrons. The van der Waals surface area contributed by atoms with Crippen LogP contribution in [0.15, 0.2) is 42.5 Å². The SMILES string of the molecule is COc1ccc(Cl)cc1C(=O)NCc1ccc(OCCCC(=O)O)cc1. The zero-order chi connectivity index (χ0) is 18.9. The van der Waals surface area contributed by atoms with Gasteiger partial charge in [0.05, 0.1) is 19.3 Å². The van der Waals surface area contributed by atoms with Crippen LogP contribution in [0.25, 0.3) is 0 Å². The molecule has 0 heterocycles. The highest BCUT2D eigenvalue weighted by Crippen LogP contribution is 2.22. The number of nitrogens with one attached hydrogen (secondary N) is 1. The van der Waals surface area contributed by atoms with E-state index in [0.29, 0.717) is 41.7 Å². The Balaban J connectivity index is 1.86. The molecule has 138 valence electrons. The van der Waals surface area contributed by atoms with Gasteiger partial charge in [-0.2, -0.15) is 0 Å². The highest BCUT2D eigenvalue weighted by Gasteiger charge is 2.12. The number of aliphatic carboxylic acids is 1. The lowest BCUT2D eigenvalue weighted by Gasteiger charge is -2.10. The van der Waals surface area contributed by atoms with Crippen LogP contribution >= 0.6 is 11.6 Å². The monoisotopic (exact) mass is 377 g/mol. The maximum atomic E-state index is 12.3. The number of benzene rings is 2. The van der Waals surface area contributed by atoms with Crippen LogP contribution in [0.4, 0.5) is 0 Å². The first-order valence-corrected chi connectivity index (χ1v) is 8.42. The minimum atomic E-state index is -0.837. The van der Waals surface area contributed by atoms with Crippen LogP contribution in [-0.4, -0.2) is 30.7 Å². The van der Waals surface area contributed by atoms with Crippen LogP contribution in [0.5, 0.6) is 11.5 Å². The lowest BCUT2D eigenvalue weighted by molar-refractivity contribution is -0.137. The van der Waals surface area contributed by atoms with E-state index in [-0.39, 0.29) is 12.3 Å². The lowest BCUT2D eigenvalue weighted by Crippen LogP contribution is -2.23. The fourth-order valence-electron chi connectivity index (χ4n) is 2.25. The van der Waals surface area contributed by atoms with Gasteiger partial charge in [-0.15, -0.1) is 0 Å². The van der Waals surface area contributed by atoms with E-state index >= 15 is 0 Å². The highest BCUT2D eigenvalue weighted by atomic mass is 35.5. The van der Waals surface area contributed by atoms with Crippen molar-refractivity contribution >= 4 is 23.5 Å². The van der Waals surface area contributed by atoms with Gasteiger partial charge in [0.2, 0.25) is 0 Å². The Morgan fingerprint density at radius 3 is 2.54 bits per heavy atom. The molecule has 0 aliphatic heterocycles. The van der Waals surface area contributed by atoms with Gasteiger partial charge >= 0.3 is 5.97 Å². The number of carboxylic acid groups (broad SMARTS) is 1. The summed E-state index contributed by atoms with van der Waals surface area (Å²) in [7, 11) is 1.50. The average Bonchev–Trinajstić information content (AvgIpc) is 2.64. The summed E-state index contributed by atoms with van der Waals surface area (Å²) in [6.45, 7) is 0.685. The second-order valence-electron chi connectivity index (χ2n) is 5.52. The van der Waals surface area contributed by atoms with Crippen LogP contribution in [0.3, 0.4) is 0 Å². The van der Waals surface area contributed by atoms with E-state index in [2.05, 4.69) is 5.32 Å². The third kappa shape index (κ3) is 5.97. The molecule has 2 N–H and O–H groups in total. The molecule has 1 amide bonds. The van der Waals surface area contributed by atoms with Crippen molar-refractivity contribution < 1.29 is 24.2 Å². The summed E-state index contributed by atoms with van der Waals surface area (Å²) >= 11 is 5.94. The maximum Gasteiger partial charge on any atom is 0.303 e. The molecule has 2 aromatic carbocycles. The van der Waals surface area contributed by atoms with Crippen LogP contribution in [0, 0.1) is 0 Å². The van der Waals surface area contributed by atoms with E-state index in [0.717, 1.165) is 5.56 Å². The molecular weight excluding hydrogens is 358 g/mol. The van der Waals surface area contributed by atoms with E-state index in [4.69, 9.17) is 26.2 Å². The highest BCUT2D eigenvalue weighted by molar-refractivity contribution is 6.31. The lowest BCUT2D eigenvalue weighted by atomic mass is 10.1. The van der Waals surface area contributed by atoms with Gasteiger partial charge in [-0.3, -0.25) is 9.59 Å². The zero-order valence-corrected chi connectivity index (χ0v) is 15.1. The number of carbonyl (C=O) groups is 2. The summed E-state index contributed by atoms with van der Waals surface area (Å²) in [6, 6.07) is 12.1. The van der Waals surface area contributed by atoms with Gasteiger partial charge in [-0.1, -0.05) is 23.7 Å². The first-order chi connectivity index (χ1) is 12.5. The van der Waals surface area contributed by atoms with E-state index in [1.54, 1.807) is 30.3 Å². The summed E-state index contributed by atoms with van der Waals surface area (Å²) in [5.74, 6) is -0.00615. The Kier molecular flexibility index (Phi) is 7.29. The van der Waals surface area contributed by atoms with Crippen molar-refractivity contribution in [1.29, 1.82) is 0 Å². The first-order valence-electron chi connectivity index (χ1n) is 8.05. The van der Waals surface area contributed by atoms with Gasteiger partial charge in [0.1, 0.15) is 11.5 Å². The Bertz CT molecular complexity index is 761. The van der Waals surface area contributed by atoms with Gasteiger partial charge < -0.3 is 19.9 Å². The molecule has 0 unspecified atom stereocenters. The molecule has 6 nitrogen and oxygen atoms in total. The number of methoxy groups -OCH3 is 1. The summed E-state index contributed by atoms with van der Waals surface area (Å²) in [5.41, 5.74) is 1.27. The van der Waals surface area contributed by atoms with Crippen LogP contribution < -0.4 is 14.8 Å². The number of hydrogen-bond donors (Lipinski definition) is 2. The predicted molar refractivity (Wildman–Crippen MR) is 98.0 cm³/mol. The van der Waals surface area contributed by atoms with Crippen molar-refractivity contribution in [2.75, 3.05) is 13.7 Å². The Morgan fingerprint density at radius 2 is 1.88 bits per heavy atom. The summed E-state index contributed by atoms with van der Waals surface area (Å²) in [5, 5.41) is 11.9. The molecule has 0 saturated carbocycles. The summed E-state index contributed by atoms with van der Waals surface area (Å²) in [4.78, 5) is 22.8. The average molecular weight is 378 g/mol. The molecule has 0 aliphatic rings. The first kappa shape index (κ1) is 19.6. The second-order valence-corrected chi connectivity index (χ2v) is 5.95. The minimum absolute atomic E-state index is 0.0804. The quantitative estimate of drug-likeness (QED) is 0.653. The van der Waals surface area contributed by atoms with Gasteiger partial charge in [-0.05, 0) is 42.3 Å². The second kappa shape index (κ2) is 9.68. The van der Waals surface area contributed by atoms with Crippen molar-refractivity contribution in [2.24, 2.45) is 0 Å². The summed E-state index contributed by atoms with van der Waals surface area (Å²) < 4.78 is 10.6. The van der Waals surface area contributed by atoms with Gasteiger partial charge in [0, 0.05) is 18.0 Å². The third-order valence-corrected chi connectivity index (χ3v) is 3.82. The number of amides is 1. The molecule has 0 atom stereocenters. The number of carbonyl (C=O) groups excluding carboxylic acids is 1. The molecule has 26 heavy (non-hydrogen) atoms. The van der Waals surface area contributed by atoms with Gasteiger partial charge in [0.15, 0.2) is 0 Å². The molecule has 0 spiro atoms. The third-order valence-electron chi connectivity index (χ3n) is 3.59. The summed E-state index contributed by atoms with van der Waals surface area (Å²) in [6.07, 6.45) is 0.533. The standard InChI is InChI=1S/C19H20ClNO5/c1-25-17-9-6-14(20)11-16(17)19(24)21-12-13-4-7-15(8-5-13)26-10-2-3-18(22)23/h4-9,11H,2-3,10,12H2,1H3,(H,21,24)(H,22,23). The molecule has 0 saturated heterocycles. The molecule has 0 fully saturated rings. The van der Waals surface area contributed by atoms with Gasteiger partial charge in [0.25, 0.3) is 5.91 Å². The van der Waals surface area contributed by atoms with E-state index < -0.39 is 5.97 Å². The fourth-order valence-corrected chi connectivity index (χ4v) is 2.42. The van der Waals surface area contributed by atoms with E-state index in [1.165, 1.54) is 7.11 Å². The number of ether oxygens (including phenoxy) is 2. The number of carboxylic acids is 1. The number of hydrogen-bond acceptors (Lipinski definition) is 4. The molecule has 7 heteroatoms. The van der Waals surface area contributed by atoms with Crippen molar-refractivity contribution in [3.63, 3.8) is 0 Å². The van der Waals surface area contributed by atoms with Gasteiger partial charge in [-0.25, -0.2) is 0 Å². The zero-order valence-electron chi connectivity index (χ0n) is 14.3. The molecule has 0 aliphatic carbocycles. The molecule has 2 rings (SSSR count). The van der Waals surface area contributed by atoms with Crippen molar-refractivity contribution in [1.82, 2.24) is 5.32 Å². The molecular formula is C19H20ClNO5. The van der Waals surface area contributed by atoms with Crippen molar-refractivity contribution in [3.05, 3.63) is 58.6 Å². The smallest absolute Gasteiger partial charge is 0.303 e. The van der Waals surface area contributed by atoms with Crippen molar-refractivity contribution in [3.8, 4) is 11.5 Å². The topological polar surface area (TPSA) is 84.9 Å². The van der Waals surface area contributed by atoms with Crippen LogP contribution in [0.2, 0.25) is 5.02 Å². The number of halogens is 1. The minimum Gasteiger partial charge on any atom is -0.496 e. The Morgan fingerprint density at radius 1 is 1.15 bits per heavy atom. The Labute approximate surface area is 156 Å². The largest absolute Gasteiger partial charge is 0.496 e. The number of rotatable bonds is 9. The normalized spacial score (nSPS) is 10.2.